The van der Waals surface area contributed by atoms with E-state index in [1.807, 2.05) is 0 Å². The molecular weight excluding hydrogens is 275 g/mol. The maximum atomic E-state index is 13.4. The fraction of sp³-hybridized carbons (Fsp3) is 0.357. The second-order valence-electron chi connectivity index (χ2n) is 4.59. The van der Waals surface area contributed by atoms with E-state index in [9.17, 15) is 9.18 Å². The molecule has 0 saturated heterocycles. The van der Waals surface area contributed by atoms with Gasteiger partial charge in [-0.2, -0.15) is 15.4 Å². The van der Waals surface area contributed by atoms with Gasteiger partial charge in [-0.25, -0.2) is 4.39 Å². The minimum Gasteiger partial charge on any atom is -0.377 e. The van der Waals surface area contributed by atoms with E-state index in [0.717, 1.165) is 12.8 Å². The summed E-state index contributed by atoms with van der Waals surface area (Å²) in [5.41, 5.74) is 6.75. The van der Waals surface area contributed by atoms with Crippen LogP contribution in [0.4, 0.5) is 4.39 Å². The lowest BCUT2D eigenvalue weighted by molar-refractivity contribution is 0.0996. The van der Waals surface area contributed by atoms with E-state index in [2.05, 4.69) is 22.3 Å². The number of benzene rings is 1. The summed E-state index contributed by atoms with van der Waals surface area (Å²) in [7, 11) is 0. The summed E-state index contributed by atoms with van der Waals surface area (Å²) in [6.07, 6.45) is 1.95. The number of carbonyl (C=O) groups is 1. The van der Waals surface area contributed by atoms with Crippen molar-refractivity contribution in [3.05, 3.63) is 35.3 Å². The van der Waals surface area contributed by atoms with E-state index < -0.39 is 5.91 Å². The fourth-order valence-electron chi connectivity index (χ4n) is 1.93. The lowest BCUT2D eigenvalue weighted by atomic mass is 10.0. The Bertz CT molecular complexity index is 627. The first-order valence-electron chi connectivity index (χ1n) is 6.70. The molecule has 0 aliphatic heterocycles. The highest BCUT2D eigenvalue weighted by Crippen LogP contribution is 2.25. The Kier molecular flexibility index (Phi) is 4.99. The number of aromatic amines is 1. The highest BCUT2D eigenvalue weighted by molar-refractivity contribution is 5.97. The molecule has 0 spiro atoms. The summed E-state index contributed by atoms with van der Waals surface area (Å²) in [4.78, 5) is 11.3. The van der Waals surface area contributed by atoms with Gasteiger partial charge in [-0.15, -0.1) is 0 Å². The Morgan fingerprint density at radius 1 is 1.43 bits per heavy atom. The number of primary amides is 1. The van der Waals surface area contributed by atoms with Crippen LogP contribution in [0.3, 0.4) is 0 Å². The van der Waals surface area contributed by atoms with Crippen molar-refractivity contribution in [1.29, 1.82) is 0 Å². The van der Waals surface area contributed by atoms with E-state index in [0.29, 0.717) is 23.4 Å². The average molecular weight is 292 g/mol. The molecule has 6 nitrogen and oxygen atoms in total. The Morgan fingerprint density at radius 2 is 2.24 bits per heavy atom. The van der Waals surface area contributed by atoms with E-state index >= 15 is 0 Å². The number of H-pyrrole nitrogens is 1. The minimum atomic E-state index is -0.694. The SMILES string of the molecule is CCCCOCc1cc(F)ccc1-c1n[nH]nc1C(N)=O. The minimum absolute atomic E-state index is 0.0245. The van der Waals surface area contributed by atoms with Gasteiger partial charge in [0.05, 0.1) is 6.61 Å². The van der Waals surface area contributed by atoms with Gasteiger partial charge in [0.2, 0.25) is 0 Å². The normalized spacial score (nSPS) is 10.8. The number of halogens is 1. The third-order valence-electron chi connectivity index (χ3n) is 3.00. The molecule has 0 saturated carbocycles. The number of ether oxygens (including phenoxy) is 1. The number of aromatic nitrogens is 3. The van der Waals surface area contributed by atoms with Gasteiger partial charge < -0.3 is 10.5 Å². The third kappa shape index (κ3) is 3.63. The number of nitrogens with one attached hydrogen (secondary N) is 1. The average Bonchev–Trinajstić information content (AvgIpc) is 2.93. The molecule has 1 heterocycles. The predicted octanol–water partition coefficient (Wildman–Crippen LogP) is 2.03. The van der Waals surface area contributed by atoms with Crippen LogP contribution in [0.15, 0.2) is 18.2 Å². The highest BCUT2D eigenvalue weighted by atomic mass is 19.1. The summed E-state index contributed by atoms with van der Waals surface area (Å²) in [6, 6.07) is 4.20. The smallest absolute Gasteiger partial charge is 0.271 e. The van der Waals surface area contributed by atoms with Gasteiger partial charge in [0.1, 0.15) is 11.5 Å². The van der Waals surface area contributed by atoms with Crippen molar-refractivity contribution in [3.63, 3.8) is 0 Å². The molecule has 7 heteroatoms. The maximum Gasteiger partial charge on any atom is 0.271 e. The van der Waals surface area contributed by atoms with Crippen LogP contribution in [-0.2, 0) is 11.3 Å². The Balaban J connectivity index is 2.30. The quantitative estimate of drug-likeness (QED) is 0.763. The van der Waals surface area contributed by atoms with Crippen molar-refractivity contribution in [2.75, 3.05) is 6.61 Å². The van der Waals surface area contributed by atoms with Crippen molar-refractivity contribution < 1.29 is 13.9 Å². The van der Waals surface area contributed by atoms with Crippen LogP contribution in [-0.4, -0.2) is 27.9 Å². The molecular formula is C14H17FN4O2. The molecule has 0 fully saturated rings. The zero-order chi connectivity index (χ0) is 15.2. The van der Waals surface area contributed by atoms with Gasteiger partial charge in [-0.1, -0.05) is 13.3 Å². The molecule has 0 bridgehead atoms. The maximum absolute atomic E-state index is 13.4. The first-order chi connectivity index (χ1) is 10.1. The van der Waals surface area contributed by atoms with E-state index in [-0.39, 0.29) is 18.1 Å². The summed E-state index contributed by atoms with van der Waals surface area (Å²) in [5.74, 6) is -1.07. The predicted molar refractivity (Wildman–Crippen MR) is 74.9 cm³/mol. The molecule has 0 aliphatic rings. The van der Waals surface area contributed by atoms with Gasteiger partial charge >= 0.3 is 0 Å². The van der Waals surface area contributed by atoms with E-state index in [1.165, 1.54) is 18.2 Å². The standard InChI is InChI=1S/C14H17FN4O2/c1-2-3-6-21-8-9-7-10(15)4-5-11(9)12-13(14(16)20)18-19-17-12/h4-5,7H,2-3,6,8H2,1H3,(H2,16,20)(H,17,18,19). The molecule has 112 valence electrons. The molecule has 0 unspecified atom stereocenters. The molecule has 21 heavy (non-hydrogen) atoms. The molecule has 2 rings (SSSR count). The second kappa shape index (κ2) is 6.94. The molecule has 0 aliphatic carbocycles. The van der Waals surface area contributed by atoms with Gasteiger partial charge in [-0.05, 0) is 30.2 Å². The number of hydrogen-bond donors (Lipinski definition) is 2. The topological polar surface area (TPSA) is 93.9 Å². The molecule has 3 N–H and O–H groups in total. The van der Waals surface area contributed by atoms with Crippen LogP contribution in [0.25, 0.3) is 11.3 Å². The van der Waals surface area contributed by atoms with Crippen molar-refractivity contribution in [2.24, 2.45) is 5.73 Å². The third-order valence-corrected chi connectivity index (χ3v) is 3.00. The number of nitrogens with two attached hydrogens (primary N) is 1. The summed E-state index contributed by atoms with van der Waals surface area (Å²) in [5, 5.41) is 10.0. The van der Waals surface area contributed by atoms with E-state index in [4.69, 9.17) is 10.5 Å². The monoisotopic (exact) mass is 292 g/mol. The Morgan fingerprint density at radius 3 is 2.95 bits per heavy atom. The van der Waals surface area contributed by atoms with Crippen LogP contribution in [0.1, 0.15) is 35.8 Å². The first kappa shape index (κ1) is 15.1. The summed E-state index contributed by atoms with van der Waals surface area (Å²) < 4.78 is 18.9. The number of carbonyl (C=O) groups excluding carboxylic acids is 1. The summed E-state index contributed by atoms with van der Waals surface area (Å²) >= 11 is 0. The zero-order valence-electron chi connectivity index (χ0n) is 11.7. The van der Waals surface area contributed by atoms with Gasteiger partial charge in [0.25, 0.3) is 5.91 Å². The van der Waals surface area contributed by atoms with Crippen LogP contribution < -0.4 is 5.73 Å². The molecule has 1 amide bonds. The number of amides is 1. The van der Waals surface area contributed by atoms with Crippen molar-refractivity contribution in [2.45, 2.75) is 26.4 Å². The van der Waals surface area contributed by atoms with Crippen LogP contribution in [0, 0.1) is 5.82 Å². The Labute approximate surface area is 121 Å². The van der Waals surface area contributed by atoms with E-state index in [1.54, 1.807) is 0 Å². The fourth-order valence-corrected chi connectivity index (χ4v) is 1.93. The number of nitrogens with zero attached hydrogens (tertiary/aromatic N) is 2. The number of unbranched alkanes of at least 4 members (excludes halogenated alkanes) is 1. The molecule has 1 aromatic carbocycles. The molecule has 0 radical (unpaired) electrons. The van der Waals surface area contributed by atoms with Crippen molar-refractivity contribution >= 4 is 5.91 Å². The number of rotatable bonds is 7. The lowest BCUT2D eigenvalue weighted by Gasteiger charge is -2.09. The van der Waals surface area contributed by atoms with Crippen molar-refractivity contribution in [3.8, 4) is 11.3 Å². The number of hydrogen-bond acceptors (Lipinski definition) is 4. The van der Waals surface area contributed by atoms with Gasteiger partial charge in [0, 0.05) is 12.2 Å². The molecule has 0 atom stereocenters. The lowest BCUT2D eigenvalue weighted by Crippen LogP contribution is -2.13. The van der Waals surface area contributed by atoms with Crippen LogP contribution >= 0.6 is 0 Å². The zero-order valence-corrected chi connectivity index (χ0v) is 11.7. The second-order valence-corrected chi connectivity index (χ2v) is 4.59. The first-order valence-corrected chi connectivity index (χ1v) is 6.70. The summed E-state index contributed by atoms with van der Waals surface area (Å²) in [6.45, 7) is 2.89. The molecule has 1 aromatic heterocycles. The van der Waals surface area contributed by atoms with Crippen LogP contribution in [0.5, 0.6) is 0 Å². The Hall–Kier alpha value is -2.28. The van der Waals surface area contributed by atoms with Gasteiger partial charge in [-0.3, -0.25) is 4.79 Å². The molecule has 2 aromatic rings. The largest absolute Gasteiger partial charge is 0.377 e. The van der Waals surface area contributed by atoms with Gasteiger partial charge in [0.15, 0.2) is 5.69 Å². The highest BCUT2D eigenvalue weighted by Gasteiger charge is 2.18. The van der Waals surface area contributed by atoms with Crippen LogP contribution in [0.2, 0.25) is 0 Å². The van der Waals surface area contributed by atoms with Crippen molar-refractivity contribution in [1.82, 2.24) is 15.4 Å².